The third-order valence-corrected chi connectivity index (χ3v) is 2.17. The number of Topliss-reactive ketones (excluding diaryl/α,β-unsaturated/α-hetero) is 1. The monoisotopic (exact) mass is 211 g/mol. The number of carbonyl (C=O) groups excluding carboxylic acids is 1. The molecule has 1 atom stereocenters. The van der Waals surface area contributed by atoms with Crippen molar-refractivity contribution in [2.75, 3.05) is 13.7 Å². The topological polar surface area (TPSA) is 70.1 Å². The molecule has 0 saturated carbocycles. The molecule has 0 aliphatic carbocycles. The van der Waals surface area contributed by atoms with Crippen molar-refractivity contribution in [3.05, 3.63) is 18.0 Å². The van der Waals surface area contributed by atoms with E-state index < -0.39 is 0 Å². The molecule has 0 amide bonds. The van der Waals surface area contributed by atoms with Crippen LogP contribution in [0.2, 0.25) is 0 Å². The maximum Gasteiger partial charge on any atom is 0.167 e. The average molecular weight is 211 g/mol. The number of methoxy groups -OCH3 is 1. The van der Waals surface area contributed by atoms with Gasteiger partial charge in [0.05, 0.1) is 11.8 Å². The second kappa shape index (κ2) is 5.63. The van der Waals surface area contributed by atoms with Crippen LogP contribution < -0.4 is 5.73 Å². The van der Waals surface area contributed by atoms with Gasteiger partial charge in [-0.25, -0.2) is 0 Å². The van der Waals surface area contributed by atoms with Crippen molar-refractivity contribution in [3.63, 3.8) is 0 Å². The molecule has 0 aromatic carbocycles. The van der Waals surface area contributed by atoms with Crippen LogP contribution in [-0.2, 0) is 11.8 Å². The Morgan fingerprint density at radius 2 is 2.47 bits per heavy atom. The number of aryl methyl sites for hydroxylation is 1. The van der Waals surface area contributed by atoms with E-state index in [-0.39, 0.29) is 11.8 Å². The molecule has 0 saturated heterocycles. The van der Waals surface area contributed by atoms with Crippen LogP contribution in [0.25, 0.3) is 0 Å². The smallest absolute Gasteiger partial charge is 0.167 e. The van der Waals surface area contributed by atoms with Gasteiger partial charge in [-0.05, 0) is 6.42 Å². The summed E-state index contributed by atoms with van der Waals surface area (Å²) in [6.07, 6.45) is 4.30. The molecule has 5 heteroatoms. The van der Waals surface area contributed by atoms with Crippen LogP contribution in [0.5, 0.6) is 0 Å². The molecule has 0 fully saturated rings. The van der Waals surface area contributed by atoms with Crippen LogP contribution >= 0.6 is 0 Å². The molecule has 0 radical (unpaired) electrons. The summed E-state index contributed by atoms with van der Waals surface area (Å²) in [5.74, 6) is 0.0340. The van der Waals surface area contributed by atoms with Crippen molar-refractivity contribution in [2.45, 2.75) is 18.9 Å². The molecule has 0 spiro atoms. The zero-order chi connectivity index (χ0) is 11.3. The fraction of sp³-hybridized carbons (Fsp3) is 0.600. The Hall–Kier alpha value is -1.20. The highest BCUT2D eigenvalue weighted by Crippen LogP contribution is 2.05. The summed E-state index contributed by atoms with van der Waals surface area (Å²) in [5.41, 5.74) is 6.39. The summed E-state index contributed by atoms with van der Waals surface area (Å²) in [7, 11) is 3.40. The van der Waals surface area contributed by atoms with Crippen molar-refractivity contribution in [1.29, 1.82) is 0 Å². The number of nitrogens with zero attached hydrogens (tertiary/aromatic N) is 2. The quantitative estimate of drug-likeness (QED) is 0.689. The number of hydrogen-bond donors (Lipinski definition) is 1. The molecular formula is C10H17N3O2. The SMILES string of the molecule is COCCC(N)CC(=O)c1cnn(C)c1. The molecule has 0 bridgehead atoms. The lowest BCUT2D eigenvalue weighted by Gasteiger charge is -2.08. The molecular weight excluding hydrogens is 194 g/mol. The molecule has 2 N–H and O–H groups in total. The summed E-state index contributed by atoms with van der Waals surface area (Å²) < 4.78 is 6.50. The van der Waals surface area contributed by atoms with Crippen molar-refractivity contribution in [3.8, 4) is 0 Å². The molecule has 0 aliphatic heterocycles. The van der Waals surface area contributed by atoms with E-state index in [1.807, 2.05) is 0 Å². The lowest BCUT2D eigenvalue weighted by Crippen LogP contribution is -2.25. The molecule has 5 nitrogen and oxygen atoms in total. The standard InChI is InChI=1S/C10H17N3O2/c1-13-7-8(6-12-13)10(14)5-9(11)3-4-15-2/h6-7,9H,3-5,11H2,1-2H3. The third-order valence-electron chi connectivity index (χ3n) is 2.17. The van der Waals surface area contributed by atoms with Gasteiger partial charge in [-0.3, -0.25) is 9.48 Å². The Balaban J connectivity index is 2.42. The maximum atomic E-state index is 11.7. The molecule has 84 valence electrons. The predicted octanol–water partition coefficient (Wildman–Crippen LogP) is 0.357. The number of carbonyl (C=O) groups is 1. The van der Waals surface area contributed by atoms with E-state index >= 15 is 0 Å². The van der Waals surface area contributed by atoms with Crippen LogP contribution in [0.15, 0.2) is 12.4 Å². The molecule has 0 aliphatic rings. The van der Waals surface area contributed by atoms with Gasteiger partial charge in [-0.2, -0.15) is 5.10 Å². The Morgan fingerprint density at radius 1 is 1.73 bits per heavy atom. The average Bonchev–Trinajstić information content (AvgIpc) is 2.61. The second-order valence-electron chi connectivity index (χ2n) is 3.57. The van der Waals surface area contributed by atoms with E-state index in [1.165, 1.54) is 0 Å². The van der Waals surface area contributed by atoms with E-state index in [2.05, 4.69) is 5.10 Å². The van der Waals surface area contributed by atoms with Crippen LogP contribution in [0.4, 0.5) is 0 Å². The van der Waals surface area contributed by atoms with Gasteiger partial charge < -0.3 is 10.5 Å². The summed E-state index contributed by atoms with van der Waals surface area (Å²) in [5, 5.41) is 3.94. The minimum absolute atomic E-state index is 0.0340. The number of nitrogens with two attached hydrogens (primary N) is 1. The summed E-state index contributed by atoms with van der Waals surface area (Å²) in [4.78, 5) is 11.7. The maximum absolute atomic E-state index is 11.7. The van der Waals surface area contributed by atoms with Gasteiger partial charge in [0.25, 0.3) is 0 Å². The second-order valence-corrected chi connectivity index (χ2v) is 3.57. The number of hydrogen-bond acceptors (Lipinski definition) is 4. The number of aromatic nitrogens is 2. The number of ether oxygens (including phenoxy) is 1. The fourth-order valence-electron chi connectivity index (χ4n) is 1.29. The Kier molecular flexibility index (Phi) is 4.45. The molecule has 1 rings (SSSR count). The van der Waals surface area contributed by atoms with Crippen molar-refractivity contribution in [1.82, 2.24) is 9.78 Å². The normalized spacial score (nSPS) is 12.7. The summed E-state index contributed by atoms with van der Waals surface area (Å²) >= 11 is 0. The zero-order valence-electron chi connectivity index (χ0n) is 9.14. The Bertz CT molecular complexity index is 322. The van der Waals surface area contributed by atoms with E-state index in [1.54, 1.807) is 31.2 Å². The molecule has 1 aromatic heterocycles. The lowest BCUT2D eigenvalue weighted by atomic mass is 10.1. The van der Waals surface area contributed by atoms with E-state index in [0.29, 0.717) is 25.0 Å². The fourth-order valence-corrected chi connectivity index (χ4v) is 1.29. The summed E-state index contributed by atoms with van der Waals surface area (Å²) in [6, 6.07) is -0.141. The Morgan fingerprint density at radius 3 is 3.00 bits per heavy atom. The van der Waals surface area contributed by atoms with Gasteiger partial charge in [0, 0.05) is 39.4 Å². The first kappa shape index (κ1) is 11.9. The number of rotatable bonds is 6. The van der Waals surface area contributed by atoms with Crippen molar-refractivity contribution >= 4 is 5.78 Å². The first-order valence-corrected chi connectivity index (χ1v) is 4.90. The van der Waals surface area contributed by atoms with Crippen LogP contribution in [-0.4, -0.2) is 35.3 Å². The van der Waals surface area contributed by atoms with Crippen LogP contribution in [0.1, 0.15) is 23.2 Å². The van der Waals surface area contributed by atoms with Gasteiger partial charge >= 0.3 is 0 Å². The van der Waals surface area contributed by atoms with Crippen LogP contribution in [0.3, 0.4) is 0 Å². The van der Waals surface area contributed by atoms with E-state index in [4.69, 9.17) is 10.5 Å². The first-order valence-electron chi connectivity index (χ1n) is 4.90. The van der Waals surface area contributed by atoms with Crippen LogP contribution in [0, 0.1) is 0 Å². The highest BCUT2D eigenvalue weighted by molar-refractivity contribution is 5.95. The third kappa shape index (κ3) is 3.81. The molecule has 1 heterocycles. The van der Waals surface area contributed by atoms with Crippen molar-refractivity contribution in [2.24, 2.45) is 12.8 Å². The number of ketones is 1. The zero-order valence-corrected chi connectivity index (χ0v) is 9.14. The minimum atomic E-state index is -0.141. The summed E-state index contributed by atoms with van der Waals surface area (Å²) in [6.45, 7) is 0.585. The van der Waals surface area contributed by atoms with E-state index in [0.717, 1.165) is 0 Å². The van der Waals surface area contributed by atoms with Gasteiger partial charge in [-0.1, -0.05) is 0 Å². The van der Waals surface area contributed by atoms with Gasteiger partial charge in [0.2, 0.25) is 0 Å². The molecule has 15 heavy (non-hydrogen) atoms. The lowest BCUT2D eigenvalue weighted by molar-refractivity contribution is 0.0967. The highest BCUT2D eigenvalue weighted by Gasteiger charge is 2.12. The predicted molar refractivity (Wildman–Crippen MR) is 56.6 cm³/mol. The minimum Gasteiger partial charge on any atom is -0.385 e. The first-order chi connectivity index (χ1) is 7.13. The molecule has 1 aromatic rings. The van der Waals surface area contributed by atoms with Gasteiger partial charge in [0.15, 0.2) is 5.78 Å². The van der Waals surface area contributed by atoms with Gasteiger partial charge in [0.1, 0.15) is 0 Å². The van der Waals surface area contributed by atoms with Crippen molar-refractivity contribution < 1.29 is 9.53 Å². The largest absolute Gasteiger partial charge is 0.385 e. The van der Waals surface area contributed by atoms with Gasteiger partial charge in [-0.15, -0.1) is 0 Å². The van der Waals surface area contributed by atoms with E-state index in [9.17, 15) is 4.79 Å². The highest BCUT2D eigenvalue weighted by atomic mass is 16.5. The Labute approximate surface area is 89.2 Å². The molecule has 1 unspecified atom stereocenters.